The summed E-state index contributed by atoms with van der Waals surface area (Å²) >= 11 is 0. The summed E-state index contributed by atoms with van der Waals surface area (Å²) in [6.45, 7) is 9.16. The minimum Gasteiger partial charge on any atom is -0.493 e. The summed E-state index contributed by atoms with van der Waals surface area (Å²) in [5.74, 6) is 1.37. The number of fused-ring (bicyclic) bond motifs is 4. The van der Waals surface area contributed by atoms with E-state index in [2.05, 4.69) is 41.1 Å². The van der Waals surface area contributed by atoms with Gasteiger partial charge < -0.3 is 58.8 Å². The number of ketones is 4. The molecule has 116 heavy (non-hydrogen) atoms. The minimum absolute atomic E-state index is 0.00716. The molecule has 14 rings (SSSR count). The molecule has 25 nitrogen and oxygen atoms in total. The van der Waals surface area contributed by atoms with Crippen molar-refractivity contribution in [1.82, 2.24) is 38.0 Å². The second kappa shape index (κ2) is 36.5. The predicted octanol–water partition coefficient (Wildman–Crippen LogP) is 14.3. The number of ether oxygens (including phenoxy) is 2. The Morgan fingerprint density at radius 1 is 0.457 bits per heavy atom. The molecular formula is C91H97N13O12. The van der Waals surface area contributed by atoms with Gasteiger partial charge in [0.25, 0.3) is 23.6 Å². The van der Waals surface area contributed by atoms with Crippen LogP contribution in [0.2, 0.25) is 0 Å². The lowest BCUT2D eigenvalue weighted by molar-refractivity contribution is -0.117. The number of nitrogens with zero attached hydrogens (tertiary/aromatic N) is 9. The maximum absolute atomic E-state index is 13.3. The number of amides is 6. The molecule has 6 amide bonds. The molecule has 4 aliphatic heterocycles. The van der Waals surface area contributed by atoms with E-state index < -0.39 is 0 Å². The van der Waals surface area contributed by atoms with E-state index in [0.717, 1.165) is 131 Å². The van der Waals surface area contributed by atoms with Crippen molar-refractivity contribution in [1.29, 1.82) is 0 Å². The SMILES string of the molecule is CC(=O)Cc1ccc(NC(=O)c2cc(-c3ccc(CC(=O)c4nc(NC(=O)CCCOc5cc6c(cc5C)C(=O)N5CCCC[C@H]5C=N6)cn4C)cc3)cn2C)cc1.CC(=O)Cc1ccc(NC(=O)c2cc(-c3ccc(CC(=O)c4nc(NC(=O)CCCOc5cc6c(cc5C)C(=O)N5CCCC[C@H]5CC6)cn4C)cc3)cn2C)cc1. The second-order valence-corrected chi connectivity index (χ2v) is 30.7. The van der Waals surface area contributed by atoms with Gasteiger partial charge in [-0.15, -0.1) is 0 Å². The molecule has 2 atom stereocenters. The van der Waals surface area contributed by atoms with Crippen molar-refractivity contribution in [3.8, 4) is 33.8 Å². The number of hydrogen-bond donors (Lipinski definition) is 4. The van der Waals surface area contributed by atoms with Crippen molar-refractivity contribution >= 4 is 93.5 Å². The van der Waals surface area contributed by atoms with Gasteiger partial charge in [-0.25, -0.2) is 9.97 Å². The van der Waals surface area contributed by atoms with E-state index in [0.29, 0.717) is 96.3 Å². The van der Waals surface area contributed by atoms with E-state index in [1.807, 2.05) is 161 Å². The number of Topliss-reactive ketones (excluding diaryl/α,β-unsaturated/α-hetero) is 4. The molecule has 25 heteroatoms. The molecule has 598 valence electrons. The summed E-state index contributed by atoms with van der Waals surface area (Å²) in [4.78, 5) is 145. The first-order valence-electron chi connectivity index (χ1n) is 39.6. The van der Waals surface area contributed by atoms with Crippen molar-refractivity contribution in [2.75, 3.05) is 47.6 Å². The molecule has 6 aromatic carbocycles. The van der Waals surface area contributed by atoms with E-state index in [1.54, 1.807) is 82.9 Å². The fourth-order valence-electron chi connectivity index (χ4n) is 15.4. The summed E-state index contributed by atoms with van der Waals surface area (Å²) in [6.07, 6.45) is 19.3. The molecule has 0 spiro atoms. The van der Waals surface area contributed by atoms with Crippen molar-refractivity contribution in [3.63, 3.8) is 0 Å². The zero-order valence-corrected chi connectivity index (χ0v) is 66.8. The number of aromatic nitrogens is 6. The second-order valence-electron chi connectivity index (χ2n) is 30.7. The highest BCUT2D eigenvalue weighted by Crippen LogP contribution is 2.36. The van der Waals surface area contributed by atoms with Gasteiger partial charge in [-0.1, -0.05) is 72.8 Å². The first kappa shape index (κ1) is 81.1. The molecule has 0 saturated carbocycles. The van der Waals surface area contributed by atoms with Gasteiger partial charge in [-0.05, 0) is 197 Å². The van der Waals surface area contributed by atoms with Gasteiger partial charge in [0.2, 0.25) is 23.4 Å². The molecule has 4 aromatic heterocycles. The molecule has 2 fully saturated rings. The highest BCUT2D eigenvalue weighted by Gasteiger charge is 2.34. The van der Waals surface area contributed by atoms with Crippen LogP contribution in [-0.4, -0.2) is 141 Å². The van der Waals surface area contributed by atoms with Crippen LogP contribution in [0.25, 0.3) is 22.3 Å². The van der Waals surface area contributed by atoms with Gasteiger partial charge in [0, 0.05) is 151 Å². The van der Waals surface area contributed by atoms with Gasteiger partial charge >= 0.3 is 0 Å². The summed E-state index contributed by atoms with van der Waals surface area (Å²) in [5, 5.41) is 11.4. The number of carbonyl (C=O) groups excluding carboxylic acids is 10. The number of hydrogen-bond acceptors (Lipinski definition) is 15. The number of aliphatic imine (C=N–C) groups is 1. The van der Waals surface area contributed by atoms with Gasteiger partial charge in [0.1, 0.15) is 34.5 Å². The van der Waals surface area contributed by atoms with E-state index >= 15 is 0 Å². The Kier molecular flexibility index (Phi) is 25.5. The van der Waals surface area contributed by atoms with Gasteiger partial charge in [0.05, 0.1) is 30.5 Å². The molecule has 8 heterocycles. The highest BCUT2D eigenvalue weighted by molar-refractivity contribution is 6.06. The largest absolute Gasteiger partial charge is 0.493 e. The van der Waals surface area contributed by atoms with Crippen LogP contribution in [0.4, 0.5) is 28.7 Å². The molecule has 4 N–H and O–H groups in total. The highest BCUT2D eigenvalue weighted by atomic mass is 16.5. The van der Waals surface area contributed by atoms with E-state index in [1.165, 1.54) is 6.42 Å². The number of imidazole rings is 2. The van der Waals surface area contributed by atoms with Crippen molar-refractivity contribution < 1.29 is 57.4 Å². The molecule has 0 bridgehead atoms. The van der Waals surface area contributed by atoms with Crippen LogP contribution in [0.1, 0.15) is 186 Å². The minimum atomic E-state index is -0.257. The normalized spacial score (nSPS) is 14.8. The molecule has 0 unspecified atom stereocenters. The first-order valence-corrected chi connectivity index (χ1v) is 39.6. The fourth-order valence-corrected chi connectivity index (χ4v) is 15.4. The van der Waals surface area contributed by atoms with Crippen molar-refractivity contribution in [2.45, 2.75) is 143 Å². The van der Waals surface area contributed by atoms with Gasteiger partial charge in [-0.3, -0.25) is 52.9 Å². The summed E-state index contributed by atoms with van der Waals surface area (Å²) in [6, 6.07) is 41.2. The van der Waals surface area contributed by atoms with Crippen molar-refractivity contribution in [3.05, 3.63) is 231 Å². The number of nitrogens with one attached hydrogen (secondary N) is 4. The number of aryl methyl sites for hydroxylation is 7. The third-order valence-electron chi connectivity index (χ3n) is 21.5. The van der Waals surface area contributed by atoms with E-state index in [-0.39, 0.29) is 102 Å². The van der Waals surface area contributed by atoms with Crippen LogP contribution in [0.15, 0.2) is 163 Å². The lowest BCUT2D eigenvalue weighted by Crippen LogP contribution is -2.43. The standard InChI is InChI=1S/C46H50N6O6.C45H47N7O6/c1-29-22-38-34(16-19-37-8-5-6-20-52(37)46(38)57)26-41(29)58-21-7-9-43(55)48-42-28-51(4)44(49-42)40(54)24-32-10-14-33(15-11-32)35-25-39(50(3)27-35)45(56)47-36-17-12-31(13-18-36)23-30(2)53;1-28-20-36-37(46-25-35-8-5-6-18-52(35)45(36)57)24-40(28)58-19-7-9-42(55)48-41-27-51(4)43(49-41)39(54)22-31-10-14-32(15-11-31)33-23-38(50(3)26-33)44(56)47-34-16-12-30(13-17-34)21-29(2)53/h10-15,17-18,22,25-28,37H,5-9,16,19-21,23-24H2,1-4H3,(H,47,56)(H,48,55);10-17,20,23-27,35H,5-9,18-19,21-22H2,1-4H3,(H,47,56)(H,48,55)/t37-;35-/m00/s1. The lowest BCUT2D eigenvalue weighted by Gasteiger charge is -2.34. The Hall–Kier alpha value is -12.9. The maximum Gasteiger partial charge on any atom is 0.272 e. The Balaban J connectivity index is 0.000000202. The maximum atomic E-state index is 13.3. The monoisotopic (exact) mass is 1560 g/mol. The predicted molar refractivity (Wildman–Crippen MR) is 445 cm³/mol. The molecular weight excluding hydrogens is 1470 g/mol. The number of carbonyl (C=O) groups is 10. The molecule has 0 radical (unpaired) electrons. The summed E-state index contributed by atoms with van der Waals surface area (Å²) < 4.78 is 18.9. The average Bonchev–Trinajstić information content (AvgIpc) is 1.60. The van der Waals surface area contributed by atoms with Gasteiger partial charge in [-0.2, -0.15) is 0 Å². The van der Waals surface area contributed by atoms with Crippen LogP contribution in [0, 0.1) is 13.8 Å². The topological polar surface area (TPSA) is 302 Å². The van der Waals surface area contributed by atoms with Crippen LogP contribution in [-0.2, 0) is 79.5 Å². The Morgan fingerprint density at radius 2 is 0.897 bits per heavy atom. The number of piperidine rings is 2. The molecule has 4 aliphatic rings. The first-order chi connectivity index (χ1) is 55.8. The van der Waals surface area contributed by atoms with Crippen LogP contribution >= 0.6 is 0 Å². The average molecular weight is 1560 g/mol. The molecule has 2 saturated heterocycles. The third kappa shape index (κ3) is 20.0. The number of benzene rings is 6. The Morgan fingerprint density at radius 3 is 1.39 bits per heavy atom. The zero-order chi connectivity index (χ0) is 81.8. The lowest BCUT2D eigenvalue weighted by atomic mass is 9.97. The third-order valence-corrected chi connectivity index (χ3v) is 21.5. The van der Waals surface area contributed by atoms with Gasteiger partial charge in [0.15, 0.2) is 23.3 Å². The Labute approximate surface area is 673 Å². The van der Waals surface area contributed by atoms with Crippen LogP contribution < -0.4 is 30.7 Å². The summed E-state index contributed by atoms with van der Waals surface area (Å²) in [7, 11) is 7.06. The van der Waals surface area contributed by atoms with Crippen molar-refractivity contribution in [2.24, 2.45) is 33.2 Å². The zero-order valence-electron chi connectivity index (χ0n) is 66.8. The molecule has 0 aliphatic carbocycles. The van der Waals surface area contributed by atoms with Crippen LogP contribution in [0.3, 0.4) is 0 Å². The Bertz CT molecular complexity index is 5430. The fraction of sp³-hybridized carbons (Fsp3) is 0.330. The van der Waals surface area contributed by atoms with E-state index in [4.69, 9.17) is 9.47 Å². The van der Waals surface area contributed by atoms with E-state index in [9.17, 15) is 47.9 Å². The summed E-state index contributed by atoms with van der Waals surface area (Å²) in [5.41, 5.74) is 13.9. The van der Waals surface area contributed by atoms with Crippen LogP contribution in [0.5, 0.6) is 11.5 Å². The molecule has 10 aromatic rings. The number of anilines is 4. The quantitative estimate of drug-likeness (QED) is 0.0262. The smallest absolute Gasteiger partial charge is 0.272 e. The number of rotatable bonds is 28.